The maximum atomic E-state index is 9.39. The predicted octanol–water partition coefficient (Wildman–Crippen LogP) is 3.56. The van der Waals surface area contributed by atoms with Gasteiger partial charge in [-0.1, -0.05) is 25.3 Å². The van der Waals surface area contributed by atoms with Crippen molar-refractivity contribution in [3.05, 3.63) is 23.9 Å². The Bertz CT molecular complexity index is 317. The molecule has 0 amide bonds. The summed E-state index contributed by atoms with van der Waals surface area (Å²) in [7, 11) is 0. The molecule has 2 rings (SSSR count). The van der Waals surface area contributed by atoms with Crippen molar-refractivity contribution in [3.8, 4) is 0 Å². The van der Waals surface area contributed by atoms with Gasteiger partial charge in [-0.3, -0.25) is 0 Å². The summed E-state index contributed by atoms with van der Waals surface area (Å²) in [6, 6.07) is 4.00. The molecule has 1 aromatic rings. The number of hydrogen-bond donors (Lipinski definition) is 1. The fourth-order valence-electron chi connectivity index (χ4n) is 2.06. The second-order valence-corrected chi connectivity index (χ2v) is 5.80. The van der Waals surface area contributed by atoms with Crippen molar-refractivity contribution in [2.75, 3.05) is 0 Å². The molecule has 88 valence electrons. The molecule has 1 saturated carbocycles. The van der Waals surface area contributed by atoms with Gasteiger partial charge in [-0.25, -0.2) is 4.98 Å². The minimum absolute atomic E-state index is 0.416. The first-order valence-electron chi connectivity index (χ1n) is 6.06. The van der Waals surface area contributed by atoms with E-state index in [4.69, 9.17) is 0 Å². The Labute approximate surface area is 101 Å². The van der Waals surface area contributed by atoms with Crippen LogP contribution in [0.5, 0.6) is 0 Å². The van der Waals surface area contributed by atoms with Crippen molar-refractivity contribution >= 4 is 11.8 Å². The first kappa shape index (κ1) is 11.9. The van der Waals surface area contributed by atoms with E-state index in [2.05, 4.69) is 4.98 Å². The van der Waals surface area contributed by atoms with E-state index in [1.165, 1.54) is 32.1 Å². The molecule has 3 heteroatoms. The molecule has 1 N–H and O–H groups in total. The first-order valence-corrected chi connectivity index (χ1v) is 6.94. The van der Waals surface area contributed by atoms with Gasteiger partial charge < -0.3 is 5.11 Å². The molecular weight excluding hydrogens is 218 g/mol. The molecule has 1 heterocycles. The number of rotatable bonds is 3. The number of thioether (sulfide) groups is 1. The fourth-order valence-corrected chi connectivity index (χ4v) is 3.23. The van der Waals surface area contributed by atoms with E-state index in [9.17, 15) is 5.11 Å². The van der Waals surface area contributed by atoms with Gasteiger partial charge in [0.2, 0.25) is 0 Å². The molecule has 16 heavy (non-hydrogen) atoms. The number of aromatic nitrogens is 1. The summed E-state index contributed by atoms with van der Waals surface area (Å²) >= 11 is 1.89. The molecule has 0 aliphatic heterocycles. The van der Waals surface area contributed by atoms with E-state index < -0.39 is 6.10 Å². The van der Waals surface area contributed by atoms with Gasteiger partial charge in [0.05, 0.1) is 11.1 Å². The molecule has 0 radical (unpaired) electrons. The van der Waals surface area contributed by atoms with E-state index in [0.29, 0.717) is 0 Å². The molecule has 1 fully saturated rings. The molecule has 0 saturated heterocycles. The molecule has 0 bridgehead atoms. The molecule has 1 aliphatic rings. The van der Waals surface area contributed by atoms with Crippen LogP contribution in [0.1, 0.15) is 50.7 Å². The zero-order valence-corrected chi connectivity index (χ0v) is 10.5. The van der Waals surface area contributed by atoms with Crippen LogP contribution in [0.3, 0.4) is 0 Å². The normalized spacial score (nSPS) is 19.6. The van der Waals surface area contributed by atoms with Crippen LogP contribution < -0.4 is 0 Å². The number of nitrogens with zero attached hydrogens (tertiary/aromatic N) is 1. The van der Waals surface area contributed by atoms with E-state index in [1.807, 2.05) is 23.9 Å². The van der Waals surface area contributed by atoms with Crippen molar-refractivity contribution in [2.24, 2.45) is 0 Å². The number of aliphatic hydroxyl groups excluding tert-OH is 1. The quantitative estimate of drug-likeness (QED) is 0.872. The maximum absolute atomic E-state index is 9.39. The van der Waals surface area contributed by atoms with Crippen LogP contribution in [0.2, 0.25) is 0 Å². The molecule has 0 spiro atoms. The number of hydrogen-bond acceptors (Lipinski definition) is 3. The zero-order chi connectivity index (χ0) is 11.4. The largest absolute Gasteiger partial charge is 0.389 e. The standard InChI is InChI=1S/C13H19NOS/c1-10(15)11-7-8-13(14-9-11)16-12-5-3-2-4-6-12/h7-10,12,15H,2-6H2,1H3/t10-/m1/s1. The summed E-state index contributed by atoms with van der Waals surface area (Å²) in [6.45, 7) is 1.77. The number of pyridine rings is 1. The van der Waals surface area contributed by atoms with Crippen LogP contribution in [0, 0.1) is 0 Å². The minimum atomic E-state index is -0.416. The lowest BCUT2D eigenvalue weighted by molar-refractivity contribution is 0.198. The average molecular weight is 237 g/mol. The number of aliphatic hydroxyl groups is 1. The van der Waals surface area contributed by atoms with Crippen molar-refractivity contribution in [1.29, 1.82) is 0 Å². The van der Waals surface area contributed by atoms with Gasteiger partial charge in [-0.05, 0) is 31.4 Å². The van der Waals surface area contributed by atoms with Gasteiger partial charge in [-0.2, -0.15) is 0 Å². The smallest absolute Gasteiger partial charge is 0.0962 e. The summed E-state index contributed by atoms with van der Waals surface area (Å²) < 4.78 is 0. The van der Waals surface area contributed by atoms with E-state index in [0.717, 1.165) is 15.8 Å². The highest BCUT2D eigenvalue weighted by molar-refractivity contribution is 7.99. The van der Waals surface area contributed by atoms with Gasteiger partial charge >= 0.3 is 0 Å². The van der Waals surface area contributed by atoms with Gasteiger partial charge in [-0.15, -0.1) is 11.8 Å². The highest BCUT2D eigenvalue weighted by Gasteiger charge is 2.15. The first-order chi connectivity index (χ1) is 7.75. The Morgan fingerprint density at radius 2 is 2.06 bits per heavy atom. The third kappa shape index (κ3) is 3.22. The van der Waals surface area contributed by atoms with Crippen molar-refractivity contribution in [2.45, 2.75) is 55.4 Å². The van der Waals surface area contributed by atoms with Gasteiger partial charge in [0.1, 0.15) is 0 Å². The molecule has 0 unspecified atom stereocenters. The Morgan fingerprint density at radius 1 is 1.31 bits per heavy atom. The second-order valence-electron chi connectivity index (χ2n) is 4.48. The Morgan fingerprint density at radius 3 is 2.62 bits per heavy atom. The van der Waals surface area contributed by atoms with Crippen molar-refractivity contribution in [1.82, 2.24) is 4.98 Å². The summed E-state index contributed by atoms with van der Waals surface area (Å²) in [5.74, 6) is 0. The van der Waals surface area contributed by atoms with E-state index >= 15 is 0 Å². The SMILES string of the molecule is C[C@@H](O)c1ccc(SC2CCCCC2)nc1. The Balaban J connectivity index is 1.93. The third-order valence-corrected chi connectivity index (χ3v) is 4.37. The lowest BCUT2D eigenvalue weighted by Crippen LogP contribution is -2.08. The molecule has 1 atom stereocenters. The predicted molar refractivity (Wildman–Crippen MR) is 67.6 cm³/mol. The molecule has 2 nitrogen and oxygen atoms in total. The van der Waals surface area contributed by atoms with Crippen LogP contribution >= 0.6 is 11.8 Å². The molecule has 1 aliphatic carbocycles. The summed E-state index contributed by atoms with van der Waals surface area (Å²) in [5.41, 5.74) is 0.896. The van der Waals surface area contributed by atoms with Crippen molar-refractivity contribution in [3.63, 3.8) is 0 Å². The van der Waals surface area contributed by atoms with Crippen LogP contribution in [0.4, 0.5) is 0 Å². The van der Waals surface area contributed by atoms with Gasteiger partial charge in [0.25, 0.3) is 0 Å². The lowest BCUT2D eigenvalue weighted by Gasteiger charge is -2.20. The summed E-state index contributed by atoms with van der Waals surface area (Å²) in [6.07, 6.45) is 8.14. The molecule has 0 aromatic carbocycles. The Hall–Kier alpha value is -0.540. The zero-order valence-electron chi connectivity index (χ0n) is 9.72. The Kier molecular flexibility index (Phi) is 4.24. The molecule has 1 aromatic heterocycles. The lowest BCUT2D eigenvalue weighted by atomic mass is 10.0. The fraction of sp³-hybridized carbons (Fsp3) is 0.615. The summed E-state index contributed by atoms with van der Waals surface area (Å²) in [5, 5.41) is 11.2. The highest BCUT2D eigenvalue weighted by Crippen LogP contribution is 2.32. The van der Waals surface area contributed by atoms with Gasteiger partial charge in [0.15, 0.2) is 0 Å². The van der Waals surface area contributed by atoms with Crippen LogP contribution in [-0.2, 0) is 0 Å². The second kappa shape index (κ2) is 5.69. The van der Waals surface area contributed by atoms with Gasteiger partial charge in [0, 0.05) is 11.4 Å². The maximum Gasteiger partial charge on any atom is 0.0962 e. The van der Waals surface area contributed by atoms with Crippen LogP contribution in [0.15, 0.2) is 23.4 Å². The van der Waals surface area contributed by atoms with E-state index in [-0.39, 0.29) is 0 Å². The van der Waals surface area contributed by atoms with Crippen LogP contribution in [-0.4, -0.2) is 15.3 Å². The van der Waals surface area contributed by atoms with Crippen molar-refractivity contribution < 1.29 is 5.11 Å². The van der Waals surface area contributed by atoms with Crippen LogP contribution in [0.25, 0.3) is 0 Å². The highest BCUT2D eigenvalue weighted by atomic mass is 32.2. The average Bonchev–Trinajstić information content (AvgIpc) is 2.31. The minimum Gasteiger partial charge on any atom is -0.389 e. The summed E-state index contributed by atoms with van der Waals surface area (Å²) in [4.78, 5) is 4.40. The topological polar surface area (TPSA) is 33.1 Å². The third-order valence-electron chi connectivity index (χ3n) is 3.08. The molecular formula is C13H19NOS. The monoisotopic (exact) mass is 237 g/mol. The van der Waals surface area contributed by atoms with E-state index in [1.54, 1.807) is 13.1 Å².